The molecule has 0 bridgehead atoms. The highest BCUT2D eigenvalue weighted by Gasteiger charge is 2.11. The average molecular weight is 203 g/mol. The highest BCUT2D eigenvalue weighted by atomic mass is 15.1. The van der Waals surface area contributed by atoms with E-state index in [1.807, 2.05) is 6.20 Å². The second-order valence-corrected chi connectivity index (χ2v) is 3.15. The molecule has 2 heterocycles. The van der Waals surface area contributed by atoms with Crippen LogP contribution in [0.2, 0.25) is 0 Å². The zero-order valence-electron chi connectivity index (χ0n) is 8.51. The van der Waals surface area contributed by atoms with Gasteiger partial charge in [0.15, 0.2) is 0 Å². The summed E-state index contributed by atoms with van der Waals surface area (Å²) in [4.78, 5) is 15.5. The zero-order valence-corrected chi connectivity index (χ0v) is 8.51. The van der Waals surface area contributed by atoms with Crippen LogP contribution in [0, 0.1) is 0 Å². The Bertz CT molecular complexity index is 383. The molecule has 2 N–H and O–H groups in total. The van der Waals surface area contributed by atoms with Crippen LogP contribution in [0.15, 0.2) is 30.9 Å². The first-order chi connectivity index (χ1) is 7.40. The lowest BCUT2D eigenvalue weighted by Gasteiger charge is -2.13. The first-order valence-electron chi connectivity index (χ1n) is 4.93. The molecule has 2 aromatic heterocycles. The summed E-state index contributed by atoms with van der Waals surface area (Å²) in [5.74, 6) is 1.53. The fourth-order valence-corrected chi connectivity index (χ4v) is 1.36. The van der Waals surface area contributed by atoms with Gasteiger partial charge in [-0.2, -0.15) is 0 Å². The second kappa shape index (κ2) is 4.54. The van der Waals surface area contributed by atoms with Gasteiger partial charge in [-0.3, -0.25) is 0 Å². The molecule has 0 radical (unpaired) electrons. The summed E-state index contributed by atoms with van der Waals surface area (Å²) in [5, 5.41) is 3.22. The third-order valence-corrected chi connectivity index (χ3v) is 2.13. The van der Waals surface area contributed by atoms with Crippen LogP contribution in [0.3, 0.4) is 0 Å². The predicted octanol–water partition coefficient (Wildman–Crippen LogP) is 1.76. The molecule has 0 aliphatic rings. The molecule has 0 aromatic carbocycles. The van der Waals surface area contributed by atoms with E-state index in [2.05, 4.69) is 32.2 Å². The summed E-state index contributed by atoms with van der Waals surface area (Å²) in [6, 6.07) is 1.92. The number of hydrogen-bond donors (Lipinski definition) is 2. The maximum Gasteiger partial charge on any atom is 0.223 e. The van der Waals surface area contributed by atoms with Gasteiger partial charge in [0.1, 0.15) is 5.82 Å². The smallest absolute Gasteiger partial charge is 0.223 e. The van der Waals surface area contributed by atoms with Gasteiger partial charge in [0.05, 0.1) is 6.04 Å². The summed E-state index contributed by atoms with van der Waals surface area (Å²) in [6.45, 7) is 2.09. The van der Waals surface area contributed by atoms with E-state index in [9.17, 15) is 0 Å². The Balaban J connectivity index is 2.10. The number of aromatic amines is 1. The van der Waals surface area contributed by atoms with Crippen molar-refractivity contribution in [1.82, 2.24) is 19.9 Å². The van der Waals surface area contributed by atoms with E-state index in [1.165, 1.54) is 0 Å². The predicted molar refractivity (Wildman–Crippen MR) is 57.3 cm³/mol. The monoisotopic (exact) mass is 203 g/mol. The Morgan fingerprint density at radius 1 is 1.27 bits per heavy atom. The molecular weight excluding hydrogens is 190 g/mol. The van der Waals surface area contributed by atoms with E-state index in [0.717, 1.165) is 12.2 Å². The maximum atomic E-state index is 4.21. The zero-order chi connectivity index (χ0) is 10.5. The van der Waals surface area contributed by atoms with Gasteiger partial charge in [-0.25, -0.2) is 15.0 Å². The Labute approximate surface area is 88.0 Å². The molecule has 5 heteroatoms. The van der Waals surface area contributed by atoms with Crippen molar-refractivity contribution in [3.8, 4) is 0 Å². The van der Waals surface area contributed by atoms with Gasteiger partial charge in [0.2, 0.25) is 5.95 Å². The Morgan fingerprint density at radius 2 is 2.07 bits per heavy atom. The molecule has 0 fully saturated rings. The lowest BCUT2D eigenvalue weighted by atomic mass is 10.2. The molecule has 5 nitrogen and oxygen atoms in total. The van der Waals surface area contributed by atoms with Crippen LogP contribution in [0.5, 0.6) is 0 Å². The average Bonchev–Trinajstić information content (AvgIpc) is 2.81. The van der Waals surface area contributed by atoms with Crippen LogP contribution in [0.25, 0.3) is 0 Å². The van der Waals surface area contributed by atoms with Crippen molar-refractivity contribution in [2.24, 2.45) is 0 Å². The quantitative estimate of drug-likeness (QED) is 0.794. The summed E-state index contributed by atoms with van der Waals surface area (Å²) >= 11 is 0. The van der Waals surface area contributed by atoms with E-state index >= 15 is 0 Å². The number of rotatable bonds is 4. The molecule has 0 saturated carbocycles. The van der Waals surface area contributed by atoms with Crippen molar-refractivity contribution < 1.29 is 0 Å². The number of imidazole rings is 1. The maximum absolute atomic E-state index is 4.21. The Hall–Kier alpha value is -1.91. The highest BCUT2D eigenvalue weighted by Crippen LogP contribution is 2.15. The molecule has 0 aliphatic heterocycles. The van der Waals surface area contributed by atoms with E-state index in [0.29, 0.717) is 5.95 Å². The van der Waals surface area contributed by atoms with Crippen LogP contribution < -0.4 is 5.32 Å². The molecule has 0 spiro atoms. The minimum absolute atomic E-state index is 0.127. The minimum Gasteiger partial charge on any atom is -0.347 e. The van der Waals surface area contributed by atoms with Gasteiger partial charge < -0.3 is 10.3 Å². The van der Waals surface area contributed by atoms with Crippen LogP contribution in [0.4, 0.5) is 5.95 Å². The molecular formula is C10H13N5. The first-order valence-corrected chi connectivity index (χ1v) is 4.93. The molecule has 78 valence electrons. The van der Waals surface area contributed by atoms with Crippen molar-refractivity contribution in [2.45, 2.75) is 19.4 Å². The number of aromatic nitrogens is 4. The third kappa shape index (κ3) is 2.31. The number of H-pyrrole nitrogens is 1. The number of hydrogen-bond acceptors (Lipinski definition) is 4. The largest absolute Gasteiger partial charge is 0.347 e. The third-order valence-electron chi connectivity index (χ3n) is 2.13. The minimum atomic E-state index is 0.127. The SMILES string of the molecule is CCC(Nc1ncccn1)c1ncc[nH]1. The van der Waals surface area contributed by atoms with Crippen molar-refractivity contribution in [2.75, 3.05) is 5.32 Å². The van der Waals surface area contributed by atoms with E-state index in [1.54, 1.807) is 24.7 Å². The number of nitrogens with zero attached hydrogens (tertiary/aromatic N) is 3. The van der Waals surface area contributed by atoms with Crippen molar-refractivity contribution in [3.05, 3.63) is 36.7 Å². The van der Waals surface area contributed by atoms with Crippen LogP contribution >= 0.6 is 0 Å². The topological polar surface area (TPSA) is 66.5 Å². The van der Waals surface area contributed by atoms with Crippen LogP contribution in [-0.2, 0) is 0 Å². The fourth-order valence-electron chi connectivity index (χ4n) is 1.36. The standard InChI is InChI=1S/C10H13N5/c1-2-8(9-11-6-7-12-9)15-10-13-4-3-5-14-10/h3-8H,2H2,1H3,(H,11,12)(H,13,14,15). The molecule has 1 unspecified atom stereocenters. The van der Waals surface area contributed by atoms with Gasteiger partial charge in [-0.1, -0.05) is 6.92 Å². The van der Waals surface area contributed by atoms with E-state index < -0.39 is 0 Å². The Morgan fingerprint density at radius 3 is 2.67 bits per heavy atom. The fraction of sp³-hybridized carbons (Fsp3) is 0.300. The summed E-state index contributed by atoms with van der Waals surface area (Å²) in [6.07, 6.45) is 7.90. The number of anilines is 1. The van der Waals surface area contributed by atoms with Gasteiger partial charge in [0.25, 0.3) is 0 Å². The molecule has 0 amide bonds. The summed E-state index contributed by atoms with van der Waals surface area (Å²) in [5.41, 5.74) is 0. The molecule has 1 atom stereocenters. The molecule has 15 heavy (non-hydrogen) atoms. The van der Waals surface area contributed by atoms with Crippen molar-refractivity contribution in [1.29, 1.82) is 0 Å². The van der Waals surface area contributed by atoms with E-state index in [4.69, 9.17) is 0 Å². The molecule has 0 saturated heterocycles. The van der Waals surface area contributed by atoms with Crippen molar-refractivity contribution in [3.63, 3.8) is 0 Å². The lowest BCUT2D eigenvalue weighted by Crippen LogP contribution is -2.13. The van der Waals surface area contributed by atoms with Crippen molar-refractivity contribution >= 4 is 5.95 Å². The lowest BCUT2D eigenvalue weighted by molar-refractivity contribution is 0.695. The molecule has 2 rings (SSSR count). The second-order valence-electron chi connectivity index (χ2n) is 3.15. The van der Waals surface area contributed by atoms with Gasteiger partial charge in [-0.15, -0.1) is 0 Å². The van der Waals surface area contributed by atoms with Crippen LogP contribution in [-0.4, -0.2) is 19.9 Å². The summed E-state index contributed by atoms with van der Waals surface area (Å²) < 4.78 is 0. The molecule has 0 aliphatic carbocycles. The highest BCUT2D eigenvalue weighted by molar-refractivity contribution is 5.26. The van der Waals surface area contributed by atoms with E-state index in [-0.39, 0.29) is 6.04 Å². The Kier molecular flexibility index (Phi) is 2.92. The van der Waals surface area contributed by atoms with Gasteiger partial charge in [0, 0.05) is 24.8 Å². The van der Waals surface area contributed by atoms with Gasteiger partial charge in [-0.05, 0) is 12.5 Å². The first kappa shape index (κ1) is 9.64. The van der Waals surface area contributed by atoms with Gasteiger partial charge >= 0.3 is 0 Å². The molecule has 2 aromatic rings. The normalized spacial score (nSPS) is 12.3. The number of nitrogens with one attached hydrogen (secondary N) is 2. The summed E-state index contributed by atoms with van der Waals surface area (Å²) in [7, 11) is 0. The van der Waals surface area contributed by atoms with Crippen LogP contribution in [0.1, 0.15) is 25.2 Å².